The Bertz CT molecular complexity index is 613. The van der Waals surface area contributed by atoms with Crippen LogP contribution >= 0.6 is 0 Å². The lowest BCUT2D eigenvalue weighted by Crippen LogP contribution is -2.21. The number of benzene rings is 2. The van der Waals surface area contributed by atoms with Gasteiger partial charge in [-0.1, -0.05) is 30.3 Å². The molecule has 1 saturated heterocycles. The average molecular weight is 274 g/mol. The highest BCUT2D eigenvalue weighted by Crippen LogP contribution is 2.34. The van der Waals surface area contributed by atoms with Crippen molar-refractivity contribution in [3.8, 4) is 0 Å². The maximum Gasteiger partial charge on any atom is 0.151 e. The first-order valence-electron chi connectivity index (χ1n) is 6.69. The van der Waals surface area contributed by atoms with Gasteiger partial charge in [0.2, 0.25) is 0 Å². The lowest BCUT2D eigenvalue weighted by atomic mass is 9.99. The number of hydrogen-bond acceptors (Lipinski definition) is 2. The zero-order chi connectivity index (χ0) is 14.1. The van der Waals surface area contributed by atoms with Crippen LogP contribution in [-0.4, -0.2) is 13.1 Å². The molecule has 20 heavy (non-hydrogen) atoms. The second-order valence-electron chi connectivity index (χ2n) is 5.16. The Morgan fingerprint density at radius 1 is 1.10 bits per heavy atom. The third kappa shape index (κ3) is 2.33. The monoisotopic (exact) mass is 274 g/mol. The quantitative estimate of drug-likeness (QED) is 0.849. The zero-order valence-corrected chi connectivity index (χ0v) is 11.0. The fourth-order valence-electron chi connectivity index (χ4n) is 2.81. The Kier molecular flexibility index (Phi) is 3.30. The van der Waals surface area contributed by atoms with Gasteiger partial charge in [0, 0.05) is 25.1 Å². The zero-order valence-electron chi connectivity index (χ0n) is 11.0. The van der Waals surface area contributed by atoms with Gasteiger partial charge in [0.25, 0.3) is 0 Å². The molecule has 1 heterocycles. The Balaban J connectivity index is 1.84. The smallest absolute Gasteiger partial charge is 0.151 e. The Morgan fingerprint density at radius 3 is 2.60 bits per heavy atom. The van der Waals surface area contributed by atoms with Gasteiger partial charge in [-0.05, 0) is 18.1 Å². The van der Waals surface area contributed by atoms with Crippen molar-refractivity contribution in [3.63, 3.8) is 0 Å². The van der Waals surface area contributed by atoms with E-state index in [1.54, 1.807) is 0 Å². The van der Waals surface area contributed by atoms with E-state index in [1.807, 2.05) is 23.1 Å². The molecule has 0 bridgehead atoms. The van der Waals surface area contributed by atoms with Crippen LogP contribution in [0.5, 0.6) is 0 Å². The second kappa shape index (κ2) is 5.12. The number of rotatable bonds is 2. The third-order valence-corrected chi connectivity index (χ3v) is 3.87. The molecule has 0 spiro atoms. The maximum atomic E-state index is 13.5. The first-order chi connectivity index (χ1) is 9.65. The summed E-state index contributed by atoms with van der Waals surface area (Å²) >= 11 is 0. The van der Waals surface area contributed by atoms with Gasteiger partial charge in [0.15, 0.2) is 5.82 Å². The van der Waals surface area contributed by atoms with E-state index in [0.29, 0.717) is 11.6 Å². The third-order valence-electron chi connectivity index (χ3n) is 3.87. The number of anilines is 2. The van der Waals surface area contributed by atoms with E-state index >= 15 is 0 Å². The van der Waals surface area contributed by atoms with E-state index in [-0.39, 0.29) is 5.69 Å². The largest absolute Gasteiger partial charge is 0.395 e. The summed E-state index contributed by atoms with van der Waals surface area (Å²) in [5, 5.41) is 0. The molecule has 1 fully saturated rings. The molecule has 1 atom stereocenters. The molecule has 3 rings (SSSR count). The van der Waals surface area contributed by atoms with Crippen molar-refractivity contribution < 1.29 is 8.78 Å². The standard InChI is InChI=1S/C16H16F2N2/c17-13-8-14(18)16(19)15(9-13)20-7-6-12(10-20)11-4-2-1-3-5-11/h1-5,8-9,12H,6-7,10,19H2. The van der Waals surface area contributed by atoms with Crippen molar-refractivity contribution in [3.05, 3.63) is 59.7 Å². The summed E-state index contributed by atoms with van der Waals surface area (Å²) in [7, 11) is 0. The van der Waals surface area contributed by atoms with Crippen LogP contribution in [0.15, 0.2) is 42.5 Å². The van der Waals surface area contributed by atoms with Gasteiger partial charge in [-0.15, -0.1) is 0 Å². The molecule has 0 radical (unpaired) electrons. The first kappa shape index (κ1) is 12.9. The van der Waals surface area contributed by atoms with Crippen molar-refractivity contribution in [2.24, 2.45) is 0 Å². The molecular formula is C16H16F2N2. The van der Waals surface area contributed by atoms with E-state index in [2.05, 4.69) is 12.1 Å². The van der Waals surface area contributed by atoms with E-state index in [1.165, 1.54) is 11.6 Å². The molecule has 104 valence electrons. The predicted molar refractivity (Wildman–Crippen MR) is 76.8 cm³/mol. The van der Waals surface area contributed by atoms with Crippen molar-refractivity contribution in [1.82, 2.24) is 0 Å². The molecule has 4 heteroatoms. The van der Waals surface area contributed by atoms with Gasteiger partial charge in [0.1, 0.15) is 5.82 Å². The van der Waals surface area contributed by atoms with Crippen LogP contribution in [0.2, 0.25) is 0 Å². The minimum Gasteiger partial charge on any atom is -0.395 e. The average Bonchev–Trinajstić information content (AvgIpc) is 2.93. The van der Waals surface area contributed by atoms with Crippen LogP contribution in [-0.2, 0) is 0 Å². The summed E-state index contributed by atoms with van der Waals surface area (Å²) in [6.07, 6.45) is 0.960. The van der Waals surface area contributed by atoms with Gasteiger partial charge in [-0.2, -0.15) is 0 Å². The molecule has 2 N–H and O–H groups in total. The lowest BCUT2D eigenvalue weighted by Gasteiger charge is -2.21. The number of hydrogen-bond donors (Lipinski definition) is 1. The molecule has 0 amide bonds. The van der Waals surface area contributed by atoms with E-state index in [4.69, 9.17) is 5.73 Å². The van der Waals surface area contributed by atoms with Gasteiger partial charge in [-0.3, -0.25) is 0 Å². The molecule has 0 saturated carbocycles. The second-order valence-corrected chi connectivity index (χ2v) is 5.16. The molecule has 0 aliphatic carbocycles. The topological polar surface area (TPSA) is 29.3 Å². The van der Waals surface area contributed by atoms with Gasteiger partial charge < -0.3 is 10.6 Å². The summed E-state index contributed by atoms with van der Waals surface area (Å²) in [6.45, 7) is 1.49. The van der Waals surface area contributed by atoms with Crippen LogP contribution in [0.25, 0.3) is 0 Å². The Morgan fingerprint density at radius 2 is 1.85 bits per heavy atom. The molecule has 1 unspecified atom stereocenters. The van der Waals surface area contributed by atoms with Crippen LogP contribution in [0.1, 0.15) is 17.9 Å². The predicted octanol–water partition coefficient (Wildman–Crippen LogP) is 3.54. The molecule has 2 aromatic rings. The van der Waals surface area contributed by atoms with Crippen LogP contribution in [0.3, 0.4) is 0 Å². The van der Waals surface area contributed by atoms with Gasteiger partial charge in [0.05, 0.1) is 11.4 Å². The van der Waals surface area contributed by atoms with E-state index in [0.717, 1.165) is 25.6 Å². The fraction of sp³-hybridized carbons (Fsp3) is 0.250. The van der Waals surface area contributed by atoms with Crippen molar-refractivity contribution in [1.29, 1.82) is 0 Å². The Labute approximate surface area is 116 Å². The van der Waals surface area contributed by atoms with Crippen LogP contribution < -0.4 is 10.6 Å². The van der Waals surface area contributed by atoms with E-state index in [9.17, 15) is 8.78 Å². The number of nitrogen functional groups attached to an aromatic ring is 1. The van der Waals surface area contributed by atoms with Crippen LogP contribution in [0, 0.1) is 11.6 Å². The summed E-state index contributed by atoms with van der Waals surface area (Å²) in [5.41, 5.74) is 7.47. The molecule has 1 aliphatic rings. The van der Waals surface area contributed by atoms with Crippen molar-refractivity contribution in [2.45, 2.75) is 12.3 Å². The molecule has 2 nitrogen and oxygen atoms in total. The highest BCUT2D eigenvalue weighted by molar-refractivity contribution is 5.69. The maximum absolute atomic E-state index is 13.5. The van der Waals surface area contributed by atoms with Gasteiger partial charge >= 0.3 is 0 Å². The minimum atomic E-state index is -0.692. The molecule has 1 aliphatic heterocycles. The van der Waals surface area contributed by atoms with Crippen molar-refractivity contribution >= 4 is 11.4 Å². The van der Waals surface area contributed by atoms with Gasteiger partial charge in [-0.25, -0.2) is 8.78 Å². The lowest BCUT2D eigenvalue weighted by molar-refractivity contribution is 0.585. The molecule has 0 aromatic heterocycles. The summed E-state index contributed by atoms with van der Waals surface area (Å²) in [5.74, 6) is -0.903. The minimum absolute atomic E-state index is 0.0279. The molecule has 2 aromatic carbocycles. The highest BCUT2D eigenvalue weighted by Gasteiger charge is 2.26. The van der Waals surface area contributed by atoms with Crippen LogP contribution in [0.4, 0.5) is 20.2 Å². The summed E-state index contributed by atoms with van der Waals surface area (Å²) in [6, 6.07) is 12.3. The van der Waals surface area contributed by atoms with E-state index < -0.39 is 11.6 Å². The fourth-order valence-corrected chi connectivity index (χ4v) is 2.81. The molecular weight excluding hydrogens is 258 g/mol. The Hall–Kier alpha value is -2.10. The number of halogens is 2. The first-order valence-corrected chi connectivity index (χ1v) is 6.69. The highest BCUT2D eigenvalue weighted by atomic mass is 19.1. The summed E-state index contributed by atoms with van der Waals surface area (Å²) in [4.78, 5) is 1.96. The van der Waals surface area contributed by atoms with Crippen molar-refractivity contribution in [2.75, 3.05) is 23.7 Å². The number of nitrogens with zero attached hydrogens (tertiary/aromatic N) is 1. The summed E-state index contributed by atoms with van der Waals surface area (Å²) < 4.78 is 26.9. The SMILES string of the molecule is Nc1c(F)cc(F)cc1N1CCC(c2ccccc2)C1. The number of nitrogens with two attached hydrogens (primary N) is 1. The normalized spacial score (nSPS) is 18.5.